The van der Waals surface area contributed by atoms with Gasteiger partial charge in [-0.1, -0.05) is 15.9 Å². The van der Waals surface area contributed by atoms with Gasteiger partial charge in [-0.15, -0.1) is 0 Å². The van der Waals surface area contributed by atoms with Crippen LogP contribution in [0.25, 0.3) is 0 Å². The molecule has 92 valence electrons. The molecule has 2 rings (SSSR count). The third-order valence-electron chi connectivity index (χ3n) is 3.18. The Labute approximate surface area is 115 Å². The Morgan fingerprint density at radius 3 is 2.88 bits per heavy atom. The predicted molar refractivity (Wildman–Crippen MR) is 76.7 cm³/mol. The van der Waals surface area contributed by atoms with E-state index in [9.17, 15) is 4.79 Å². The van der Waals surface area contributed by atoms with E-state index in [0.717, 1.165) is 27.8 Å². The van der Waals surface area contributed by atoms with Crippen LogP contribution in [0.3, 0.4) is 0 Å². The Balaban J connectivity index is 2.15. The highest BCUT2D eigenvalue weighted by atomic mass is 79.9. The fourth-order valence-electron chi connectivity index (χ4n) is 1.97. The molecule has 2 nitrogen and oxygen atoms in total. The molecule has 0 spiro atoms. The lowest BCUT2D eigenvalue weighted by molar-refractivity contribution is 0.0748. The maximum Gasteiger partial charge on any atom is 0.253 e. The van der Waals surface area contributed by atoms with Crippen molar-refractivity contribution >= 4 is 33.6 Å². The van der Waals surface area contributed by atoms with Gasteiger partial charge in [-0.2, -0.15) is 11.8 Å². The Morgan fingerprint density at radius 2 is 2.29 bits per heavy atom. The van der Waals surface area contributed by atoms with Gasteiger partial charge in [0.25, 0.3) is 5.91 Å². The van der Waals surface area contributed by atoms with Crippen LogP contribution in [0, 0.1) is 6.92 Å². The van der Waals surface area contributed by atoms with Crippen molar-refractivity contribution in [3.05, 3.63) is 33.8 Å². The second kappa shape index (κ2) is 5.44. The summed E-state index contributed by atoms with van der Waals surface area (Å²) in [5, 5.41) is 0. The molecule has 0 N–H and O–H groups in total. The molecule has 1 aliphatic rings. The summed E-state index contributed by atoms with van der Waals surface area (Å²) in [6, 6.07) is 6.18. The molecule has 17 heavy (non-hydrogen) atoms. The van der Waals surface area contributed by atoms with E-state index in [4.69, 9.17) is 0 Å². The molecule has 1 saturated heterocycles. The van der Waals surface area contributed by atoms with Gasteiger partial charge in [0.1, 0.15) is 0 Å². The lowest BCUT2D eigenvalue weighted by atomic mass is 10.1. The average molecular weight is 314 g/mol. The van der Waals surface area contributed by atoms with Crippen LogP contribution in [-0.4, -0.2) is 35.4 Å². The van der Waals surface area contributed by atoms with Crippen LogP contribution in [0.2, 0.25) is 0 Å². The quantitative estimate of drug-likeness (QED) is 0.834. The molecule has 0 aromatic heterocycles. The van der Waals surface area contributed by atoms with E-state index in [1.807, 2.05) is 48.8 Å². The molecule has 4 heteroatoms. The zero-order valence-corrected chi connectivity index (χ0v) is 12.5. The number of thioether (sulfide) groups is 1. The second-order valence-corrected chi connectivity index (χ2v) is 6.40. The standard InChI is InChI=1S/C13H16BrNOS/c1-9-7-10(3-4-12(9)14)13(16)15(2)11-5-6-17-8-11/h3-4,7,11H,5-6,8H2,1-2H3. The van der Waals surface area contributed by atoms with E-state index in [-0.39, 0.29) is 5.91 Å². The van der Waals surface area contributed by atoms with Gasteiger partial charge < -0.3 is 4.90 Å². The Morgan fingerprint density at radius 1 is 1.53 bits per heavy atom. The third-order valence-corrected chi connectivity index (χ3v) is 5.21. The van der Waals surface area contributed by atoms with Crippen molar-refractivity contribution in [1.29, 1.82) is 0 Å². The van der Waals surface area contributed by atoms with Crippen LogP contribution in [0.1, 0.15) is 22.3 Å². The number of carbonyl (C=O) groups is 1. The fourth-order valence-corrected chi connectivity index (χ4v) is 3.49. The smallest absolute Gasteiger partial charge is 0.253 e. The summed E-state index contributed by atoms with van der Waals surface area (Å²) in [4.78, 5) is 14.2. The molecule has 1 amide bonds. The van der Waals surface area contributed by atoms with E-state index in [2.05, 4.69) is 15.9 Å². The zero-order chi connectivity index (χ0) is 12.4. The number of benzene rings is 1. The molecule has 1 fully saturated rings. The van der Waals surface area contributed by atoms with Gasteiger partial charge in [0, 0.05) is 28.9 Å². The molecular weight excluding hydrogens is 298 g/mol. The predicted octanol–water partition coefficient (Wildman–Crippen LogP) is 3.34. The van der Waals surface area contributed by atoms with Gasteiger partial charge in [0.2, 0.25) is 0 Å². The summed E-state index contributed by atoms with van der Waals surface area (Å²) in [6.07, 6.45) is 1.11. The minimum absolute atomic E-state index is 0.133. The van der Waals surface area contributed by atoms with Crippen molar-refractivity contribution in [1.82, 2.24) is 4.90 Å². The van der Waals surface area contributed by atoms with E-state index >= 15 is 0 Å². The number of amides is 1. The van der Waals surface area contributed by atoms with Gasteiger partial charge in [0.15, 0.2) is 0 Å². The highest BCUT2D eigenvalue weighted by molar-refractivity contribution is 9.10. The summed E-state index contributed by atoms with van der Waals surface area (Å²) >= 11 is 5.38. The Hall–Kier alpha value is -0.480. The molecule has 0 aliphatic carbocycles. The molecule has 0 bridgehead atoms. The molecule has 1 atom stereocenters. The number of aryl methyl sites for hydroxylation is 1. The molecule has 1 aromatic carbocycles. The van der Waals surface area contributed by atoms with Crippen LogP contribution in [-0.2, 0) is 0 Å². The molecule has 0 saturated carbocycles. The molecular formula is C13H16BrNOS. The summed E-state index contributed by atoms with van der Waals surface area (Å²) in [5.41, 5.74) is 1.88. The summed E-state index contributed by atoms with van der Waals surface area (Å²) in [7, 11) is 1.91. The molecule has 1 unspecified atom stereocenters. The number of halogens is 1. The minimum atomic E-state index is 0.133. The third kappa shape index (κ3) is 2.86. The fraction of sp³-hybridized carbons (Fsp3) is 0.462. The molecule has 1 heterocycles. The number of nitrogens with zero attached hydrogens (tertiary/aromatic N) is 1. The molecule has 1 aliphatic heterocycles. The molecule has 0 radical (unpaired) electrons. The lowest BCUT2D eigenvalue weighted by Gasteiger charge is -2.24. The van der Waals surface area contributed by atoms with Crippen molar-refractivity contribution < 1.29 is 4.79 Å². The highest BCUT2D eigenvalue weighted by Gasteiger charge is 2.24. The van der Waals surface area contributed by atoms with Crippen molar-refractivity contribution in [3.8, 4) is 0 Å². The van der Waals surface area contributed by atoms with Gasteiger partial charge in [-0.25, -0.2) is 0 Å². The Kier molecular flexibility index (Phi) is 4.15. The van der Waals surface area contributed by atoms with Crippen molar-refractivity contribution in [2.24, 2.45) is 0 Å². The van der Waals surface area contributed by atoms with Crippen LogP contribution in [0.4, 0.5) is 0 Å². The first-order valence-electron chi connectivity index (χ1n) is 5.70. The van der Waals surface area contributed by atoms with Gasteiger partial charge in [-0.3, -0.25) is 4.79 Å². The van der Waals surface area contributed by atoms with E-state index in [1.165, 1.54) is 5.75 Å². The zero-order valence-electron chi connectivity index (χ0n) is 10.1. The number of hydrogen-bond donors (Lipinski definition) is 0. The topological polar surface area (TPSA) is 20.3 Å². The number of rotatable bonds is 2. The van der Waals surface area contributed by atoms with Gasteiger partial charge >= 0.3 is 0 Å². The monoisotopic (exact) mass is 313 g/mol. The van der Waals surface area contributed by atoms with Crippen LogP contribution < -0.4 is 0 Å². The SMILES string of the molecule is Cc1cc(C(=O)N(C)C2CCSC2)ccc1Br. The summed E-state index contributed by atoms with van der Waals surface area (Å²) in [5.74, 6) is 2.37. The highest BCUT2D eigenvalue weighted by Crippen LogP contribution is 2.24. The summed E-state index contributed by atoms with van der Waals surface area (Å²) in [6.45, 7) is 2.01. The first-order valence-corrected chi connectivity index (χ1v) is 7.65. The van der Waals surface area contributed by atoms with E-state index in [1.54, 1.807) is 0 Å². The Bertz CT molecular complexity index is 429. The van der Waals surface area contributed by atoms with Crippen molar-refractivity contribution in [2.45, 2.75) is 19.4 Å². The summed E-state index contributed by atoms with van der Waals surface area (Å²) < 4.78 is 1.05. The van der Waals surface area contributed by atoms with Crippen LogP contribution in [0.15, 0.2) is 22.7 Å². The van der Waals surface area contributed by atoms with E-state index < -0.39 is 0 Å². The first kappa shape index (κ1) is 13.0. The number of carbonyl (C=O) groups excluding carboxylic acids is 1. The normalized spacial score (nSPS) is 19.4. The van der Waals surface area contributed by atoms with Crippen molar-refractivity contribution in [3.63, 3.8) is 0 Å². The lowest BCUT2D eigenvalue weighted by Crippen LogP contribution is -2.36. The minimum Gasteiger partial charge on any atom is -0.338 e. The van der Waals surface area contributed by atoms with Crippen LogP contribution in [0.5, 0.6) is 0 Å². The maximum absolute atomic E-state index is 12.3. The second-order valence-electron chi connectivity index (χ2n) is 4.40. The largest absolute Gasteiger partial charge is 0.338 e. The first-order chi connectivity index (χ1) is 8.09. The molecule has 1 aromatic rings. The van der Waals surface area contributed by atoms with Gasteiger partial charge in [0.05, 0.1) is 0 Å². The van der Waals surface area contributed by atoms with Gasteiger partial charge in [-0.05, 0) is 42.9 Å². The van der Waals surface area contributed by atoms with Crippen LogP contribution >= 0.6 is 27.7 Å². The number of hydrogen-bond acceptors (Lipinski definition) is 2. The van der Waals surface area contributed by atoms with E-state index in [0.29, 0.717) is 6.04 Å². The average Bonchev–Trinajstić information content (AvgIpc) is 2.84. The maximum atomic E-state index is 12.3. The van der Waals surface area contributed by atoms with Crippen molar-refractivity contribution in [2.75, 3.05) is 18.6 Å².